The van der Waals surface area contributed by atoms with Crippen molar-refractivity contribution in [3.63, 3.8) is 0 Å². The number of phenolic OH excluding ortho intramolecular Hbond substituents is 1. The SMILES string of the molecule is CCCCCCCCS(=O)C(C)Cc1ccc2c(c1)OCO2.CSCC[C@@H](NC(=O)[C@@H](Cc1ccccc1)NC(=O)CNC(=O)CNC(=O)[C@H](N)Cc1ccc(O)cc1)C(=O)O.Cl. The second kappa shape index (κ2) is 30.3. The molecule has 18 heteroatoms. The van der Waals surface area contributed by atoms with Gasteiger partial charge in [-0.2, -0.15) is 11.8 Å². The zero-order chi connectivity index (χ0) is 45.3. The predicted molar refractivity (Wildman–Crippen MR) is 250 cm³/mol. The van der Waals surface area contributed by atoms with Gasteiger partial charge in [-0.15, -0.1) is 12.4 Å². The number of aromatic hydroxyl groups is 1. The van der Waals surface area contributed by atoms with Gasteiger partial charge in [-0.05, 0) is 78.6 Å². The smallest absolute Gasteiger partial charge is 0.326 e. The van der Waals surface area contributed by atoms with E-state index in [0.717, 1.165) is 41.2 Å². The summed E-state index contributed by atoms with van der Waals surface area (Å²) in [6, 6.07) is 18.0. The van der Waals surface area contributed by atoms with E-state index in [2.05, 4.69) is 35.1 Å². The number of fused-ring (bicyclic) bond motifs is 1. The number of ether oxygens (including phenoxy) is 2. The molecule has 8 N–H and O–H groups in total. The monoisotopic (exact) mass is 933 g/mol. The van der Waals surface area contributed by atoms with Crippen LogP contribution in [0.25, 0.3) is 0 Å². The highest BCUT2D eigenvalue weighted by atomic mass is 35.5. The lowest BCUT2D eigenvalue weighted by Gasteiger charge is -2.22. The minimum Gasteiger partial charge on any atom is -0.508 e. The summed E-state index contributed by atoms with van der Waals surface area (Å²) >= 11 is 1.45. The molecule has 3 aromatic carbocycles. The van der Waals surface area contributed by atoms with E-state index in [9.17, 15) is 38.4 Å². The van der Waals surface area contributed by atoms with Crippen molar-refractivity contribution in [1.82, 2.24) is 21.3 Å². The third-order valence-corrected chi connectivity index (χ3v) is 12.3. The average Bonchev–Trinajstić information content (AvgIpc) is 3.73. The second-order valence-corrected chi connectivity index (χ2v) is 18.0. The standard InChI is InChI=1S/C27H35N5O7S.C18H28O3S.ClH/c1-40-12-11-21(27(38)39)32-26(37)22(14-17-5-3-2-4-6-17)31-24(35)16-29-23(34)15-30-25(36)20(28)13-18-7-9-19(33)10-8-18;1-3-4-5-6-7-8-11-22(19)15(2)12-16-9-10-17-18(13-16)21-14-20-17;/h2-10,20-22,33H,11-16,28H2,1H3,(H,29,34)(H,30,36)(H,31,35)(H,32,37)(H,38,39);9-10,13,15H,3-8,11-12,14H2,1-2H3;1H/t20-,21-,22-;;/m1../s1. The van der Waals surface area contributed by atoms with E-state index in [0.29, 0.717) is 12.5 Å². The highest BCUT2D eigenvalue weighted by Crippen LogP contribution is 2.33. The Kier molecular flexibility index (Phi) is 26.1. The van der Waals surface area contributed by atoms with Gasteiger partial charge in [-0.1, -0.05) is 94.5 Å². The van der Waals surface area contributed by atoms with E-state index in [1.807, 2.05) is 24.5 Å². The Hall–Kier alpha value is -4.84. The molecule has 0 spiro atoms. The maximum Gasteiger partial charge on any atom is 0.326 e. The summed E-state index contributed by atoms with van der Waals surface area (Å²) in [5, 5.41) is 28.8. The molecule has 5 atom stereocenters. The van der Waals surface area contributed by atoms with Crippen molar-refractivity contribution in [2.24, 2.45) is 5.73 Å². The number of carboxylic acid groups (broad SMARTS) is 1. The number of nitrogens with one attached hydrogen (secondary N) is 4. The molecular weight excluding hydrogens is 870 g/mol. The van der Waals surface area contributed by atoms with Crippen molar-refractivity contribution < 1.29 is 47.9 Å². The van der Waals surface area contributed by atoms with Crippen molar-refractivity contribution in [2.75, 3.05) is 37.6 Å². The van der Waals surface area contributed by atoms with Crippen LogP contribution in [0.15, 0.2) is 72.8 Å². The third kappa shape index (κ3) is 21.4. The number of benzene rings is 3. The first kappa shape index (κ1) is 54.3. The van der Waals surface area contributed by atoms with E-state index < -0.39 is 71.6 Å². The van der Waals surface area contributed by atoms with Gasteiger partial charge >= 0.3 is 5.97 Å². The summed E-state index contributed by atoms with van der Waals surface area (Å²) in [5.41, 5.74) is 8.53. The molecule has 4 amide bonds. The van der Waals surface area contributed by atoms with Crippen LogP contribution < -0.4 is 36.5 Å². The molecule has 348 valence electrons. The minimum atomic E-state index is -1.18. The molecule has 2 unspecified atom stereocenters. The Balaban J connectivity index is 0.000000500. The van der Waals surface area contributed by atoms with E-state index in [-0.39, 0.29) is 42.7 Å². The van der Waals surface area contributed by atoms with Crippen LogP contribution in [0, 0.1) is 0 Å². The second-order valence-electron chi connectivity index (χ2n) is 15.0. The van der Waals surface area contributed by atoms with Crippen LogP contribution in [0.4, 0.5) is 0 Å². The average molecular weight is 935 g/mol. The number of nitrogens with two attached hydrogens (primary N) is 1. The van der Waals surface area contributed by atoms with E-state index in [1.54, 1.807) is 42.5 Å². The quantitative estimate of drug-likeness (QED) is 0.0555. The lowest BCUT2D eigenvalue weighted by Crippen LogP contribution is -2.54. The fourth-order valence-corrected chi connectivity index (χ4v) is 8.05. The molecule has 0 saturated heterocycles. The van der Waals surface area contributed by atoms with E-state index in [1.165, 1.54) is 61.6 Å². The molecule has 3 aromatic rings. The molecular formula is C45H64ClN5O10S2. The fourth-order valence-electron chi connectivity index (χ4n) is 6.31. The highest BCUT2D eigenvalue weighted by molar-refractivity contribution is 7.98. The number of phenols is 1. The molecule has 0 radical (unpaired) electrons. The number of hydrogen-bond acceptors (Lipinski definition) is 11. The Morgan fingerprint density at radius 3 is 2.08 bits per heavy atom. The van der Waals surface area contributed by atoms with Gasteiger partial charge in [0, 0.05) is 28.2 Å². The van der Waals surface area contributed by atoms with Crippen molar-refractivity contribution in [3.8, 4) is 17.2 Å². The van der Waals surface area contributed by atoms with Crippen molar-refractivity contribution in [1.29, 1.82) is 0 Å². The highest BCUT2D eigenvalue weighted by Gasteiger charge is 2.27. The van der Waals surface area contributed by atoms with Crippen LogP contribution in [0.2, 0.25) is 0 Å². The summed E-state index contributed by atoms with van der Waals surface area (Å²) in [6.07, 6.45) is 10.7. The number of halogens is 1. The largest absolute Gasteiger partial charge is 0.508 e. The molecule has 0 aliphatic carbocycles. The number of amides is 4. The molecule has 1 aliphatic heterocycles. The van der Waals surface area contributed by atoms with Crippen LogP contribution in [-0.2, 0) is 54.0 Å². The van der Waals surface area contributed by atoms with Gasteiger partial charge in [0.1, 0.15) is 17.8 Å². The zero-order valence-electron chi connectivity index (χ0n) is 36.3. The molecule has 4 rings (SSSR count). The van der Waals surface area contributed by atoms with Crippen molar-refractivity contribution in [3.05, 3.63) is 89.5 Å². The van der Waals surface area contributed by atoms with Crippen LogP contribution in [0.3, 0.4) is 0 Å². The number of carbonyl (C=O) groups excluding carboxylic acids is 4. The first-order valence-electron chi connectivity index (χ1n) is 21.0. The Labute approximate surface area is 383 Å². The normalized spacial score (nSPS) is 13.7. The molecule has 0 saturated carbocycles. The molecule has 63 heavy (non-hydrogen) atoms. The number of aliphatic carboxylic acids is 1. The van der Waals surface area contributed by atoms with Crippen LogP contribution in [-0.4, -0.2) is 105 Å². The number of hydrogen-bond donors (Lipinski definition) is 7. The van der Waals surface area contributed by atoms with E-state index >= 15 is 0 Å². The molecule has 0 fully saturated rings. The Morgan fingerprint density at radius 1 is 0.762 bits per heavy atom. The van der Waals surface area contributed by atoms with Crippen LogP contribution in [0.5, 0.6) is 17.2 Å². The van der Waals surface area contributed by atoms with Gasteiger partial charge in [0.25, 0.3) is 0 Å². The molecule has 1 aliphatic rings. The summed E-state index contributed by atoms with van der Waals surface area (Å²) in [6.45, 7) is 3.73. The predicted octanol–water partition coefficient (Wildman–Crippen LogP) is 4.42. The lowest BCUT2D eigenvalue weighted by molar-refractivity contribution is -0.142. The summed E-state index contributed by atoms with van der Waals surface area (Å²) in [5.74, 6) is -0.656. The summed E-state index contributed by atoms with van der Waals surface area (Å²) in [4.78, 5) is 61.5. The molecule has 0 aromatic heterocycles. The molecule has 1 heterocycles. The van der Waals surface area contributed by atoms with Crippen LogP contribution in [0.1, 0.15) is 75.5 Å². The van der Waals surface area contributed by atoms with Gasteiger partial charge in [0.15, 0.2) is 11.5 Å². The summed E-state index contributed by atoms with van der Waals surface area (Å²) < 4.78 is 23.0. The van der Waals surface area contributed by atoms with Crippen LogP contribution >= 0.6 is 24.2 Å². The number of thioether (sulfide) groups is 1. The van der Waals surface area contributed by atoms with Crippen molar-refractivity contribution >= 4 is 64.6 Å². The molecule has 15 nitrogen and oxygen atoms in total. The Bertz CT molecular complexity index is 1890. The topological polar surface area (TPSA) is 235 Å². The first-order chi connectivity index (χ1) is 29.8. The van der Waals surface area contributed by atoms with Gasteiger partial charge < -0.3 is 46.7 Å². The minimum absolute atomic E-state index is 0. The van der Waals surface area contributed by atoms with Gasteiger partial charge in [0.2, 0.25) is 30.4 Å². The fraction of sp³-hybridized carbons (Fsp3) is 0.489. The lowest BCUT2D eigenvalue weighted by atomic mass is 10.0. The number of rotatable bonds is 26. The van der Waals surface area contributed by atoms with Gasteiger partial charge in [0.05, 0.1) is 19.1 Å². The van der Waals surface area contributed by atoms with Gasteiger partial charge in [-0.3, -0.25) is 23.4 Å². The molecule has 0 bridgehead atoms. The number of unbranched alkanes of at least 4 members (excludes halogenated alkanes) is 5. The number of carboxylic acids is 1. The Morgan fingerprint density at radius 2 is 1.40 bits per heavy atom. The zero-order valence-corrected chi connectivity index (χ0v) is 38.8. The third-order valence-electron chi connectivity index (χ3n) is 9.87. The number of carbonyl (C=O) groups is 5. The maximum absolute atomic E-state index is 12.9. The van der Waals surface area contributed by atoms with Crippen molar-refractivity contribution in [2.45, 2.75) is 101 Å². The first-order valence-corrected chi connectivity index (χ1v) is 23.8. The van der Waals surface area contributed by atoms with E-state index in [4.69, 9.17) is 15.2 Å². The summed E-state index contributed by atoms with van der Waals surface area (Å²) in [7, 11) is -0.743. The maximum atomic E-state index is 12.9. The van der Waals surface area contributed by atoms with Gasteiger partial charge in [-0.25, -0.2) is 4.79 Å².